The molecule has 1 atom stereocenters. The van der Waals surface area contributed by atoms with Crippen molar-refractivity contribution < 1.29 is 32.0 Å². The maximum atomic E-state index is 13.5. The fourth-order valence-electron chi connectivity index (χ4n) is 5.47. The molecule has 238 valence electrons. The molecule has 0 amide bonds. The maximum absolute atomic E-state index is 13.5. The lowest BCUT2D eigenvalue weighted by Gasteiger charge is -2.36. The molecule has 1 unspecified atom stereocenters. The fourth-order valence-corrected chi connectivity index (χ4v) is 6.11. The van der Waals surface area contributed by atoms with Gasteiger partial charge in [-0.25, -0.2) is 0 Å². The van der Waals surface area contributed by atoms with Crippen LogP contribution >= 0.6 is 0 Å². The molecule has 0 heterocycles. The zero-order chi connectivity index (χ0) is 30.5. The van der Waals surface area contributed by atoms with Crippen LogP contribution in [-0.2, 0) is 29.2 Å². The molecule has 0 aliphatic heterocycles. The Balaban J connectivity index is 6.04. The van der Waals surface area contributed by atoms with Crippen LogP contribution in [0, 0.1) is 0 Å². The van der Waals surface area contributed by atoms with Crippen molar-refractivity contribution in [1.29, 1.82) is 0 Å². The minimum absolute atomic E-state index is 0.635. The van der Waals surface area contributed by atoms with Gasteiger partial charge >= 0.3 is 11.9 Å². The Morgan fingerprint density at radius 1 is 0.575 bits per heavy atom. The lowest BCUT2D eigenvalue weighted by atomic mass is 9.85. The summed E-state index contributed by atoms with van der Waals surface area (Å²) in [5.41, 5.74) is -1.48. The Morgan fingerprint density at radius 2 is 0.900 bits per heavy atom. The summed E-state index contributed by atoms with van der Waals surface area (Å²) in [6.45, 7) is 12.5. The minimum atomic E-state index is -4.88. The molecule has 1 N–H and O–H groups in total. The molecule has 0 rings (SSSR count). The van der Waals surface area contributed by atoms with Gasteiger partial charge < -0.3 is 9.47 Å². The monoisotopic (exact) mass is 590 g/mol. The standard InChI is InChI=1S/C32H62O7S/c1-7-13-19-25-31(21-15-9-3,22-16-10-4)38-29(33)27-28(40(35,36)37)30(34)39-32(23-17-11-5,24-18-12-6)26-20-14-8-2/h28H,7-27H2,1-6H3,(H,35,36,37). The van der Waals surface area contributed by atoms with Crippen molar-refractivity contribution in [3.8, 4) is 0 Å². The van der Waals surface area contributed by atoms with E-state index in [1.165, 1.54) is 0 Å². The van der Waals surface area contributed by atoms with Crippen molar-refractivity contribution in [2.24, 2.45) is 0 Å². The summed E-state index contributed by atoms with van der Waals surface area (Å²) in [7, 11) is -4.88. The molecule has 0 fully saturated rings. The first-order chi connectivity index (χ1) is 19.0. The highest BCUT2D eigenvalue weighted by atomic mass is 32.2. The molecule has 0 bridgehead atoms. The molecule has 8 heteroatoms. The highest BCUT2D eigenvalue weighted by Gasteiger charge is 2.42. The van der Waals surface area contributed by atoms with Gasteiger partial charge in [0.25, 0.3) is 10.1 Å². The van der Waals surface area contributed by atoms with Crippen LogP contribution in [0.4, 0.5) is 0 Å². The molecular weight excluding hydrogens is 528 g/mol. The summed E-state index contributed by atoms with van der Waals surface area (Å²) in [4.78, 5) is 26.7. The van der Waals surface area contributed by atoms with Crippen molar-refractivity contribution in [3.05, 3.63) is 0 Å². The number of esters is 2. The second-order valence-electron chi connectivity index (χ2n) is 11.8. The number of rotatable bonds is 26. The second kappa shape index (κ2) is 21.5. The van der Waals surface area contributed by atoms with Crippen LogP contribution in [0.5, 0.6) is 0 Å². The van der Waals surface area contributed by atoms with Crippen molar-refractivity contribution >= 4 is 22.1 Å². The number of carbonyl (C=O) groups is 2. The van der Waals surface area contributed by atoms with E-state index in [1.54, 1.807) is 0 Å². The van der Waals surface area contributed by atoms with E-state index < -0.39 is 44.9 Å². The van der Waals surface area contributed by atoms with Gasteiger partial charge in [-0.3, -0.25) is 14.1 Å². The summed E-state index contributed by atoms with van der Waals surface area (Å²) >= 11 is 0. The van der Waals surface area contributed by atoms with Gasteiger partial charge in [-0.2, -0.15) is 8.42 Å². The topological polar surface area (TPSA) is 107 Å². The van der Waals surface area contributed by atoms with Crippen LogP contribution in [0.15, 0.2) is 0 Å². The third-order valence-corrected chi connectivity index (χ3v) is 9.12. The van der Waals surface area contributed by atoms with Gasteiger partial charge in [0.1, 0.15) is 11.2 Å². The van der Waals surface area contributed by atoms with Crippen molar-refractivity contribution in [2.75, 3.05) is 0 Å². The van der Waals surface area contributed by atoms with Crippen molar-refractivity contribution in [1.82, 2.24) is 0 Å². The van der Waals surface area contributed by atoms with Crippen LogP contribution in [0.2, 0.25) is 0 Å². The molecule has 0 spiro atoms. The summed E-state index contributed by atoms with van der Waals surface area (Å²) < 4.78 is 47.1. The van der Waals surface area contributed by atoms with Gasteiger partial charge in [0.05, 0.1) is 6.42 Å². The number of ether oxygens (including phenoxy) is 2. The Bertz CT molecular complexity index is 762. The van der Waals surface area contributed by atoms with Gasteiger partial charge in [0.15, 0.2) is 5.25 Å². The smallest absolute Gasteiger partial charge is 0.328 e. The molecule has 0 saturated carbocycles. The van der Waals surface area contributed by atoms with E-state index in [2.05, 4.69) is 41.5 Å². The van der Waals surface area contributed by atoms with Crippen LogP contribution in [0.3, 0.4) is 0 Å². The molecule has 0 aromatic carbocycles. The van der Waals surface area contributed by atoms with Gasteiger partial charge in [-0.05, 0) is 77.0 Å². The number of carbonyl (C=O) groups excluding carboxylic acids is 2. The Labute approximate surface area is 246 Å². The van der Waals surface area contributed by atoms with Crippen LogP contribution < -0.4 is 0 Å². The van der Waals surface area contributed by atoms with Crippen LogP contribution in [-0.4, -0.2) is 41.4 Å². The largest absolute Gasteiger partial charge is 0.459 e. The molecule has 7 nitrogen and oxygen atoms in total. The number of hydrogen-bond acceptors (Lipinski definition) is 6. The molecule has 0 aliphatic carbocycles. The van der Waals surface area contributed by atoms with Gasteiger partial charge in [-0.1, -0.05) is 92.9 Å². The van der Waals surface area contributed by atoms with E-state index in [-0.39, 0.29) is 0 Å². The molecule has 0 aromatic heterocycles. The van der Waals surface area contributed by atoms with E-state index in [1.807, 2.05) is 0 Å². The summed E-state index contributed by atoms with van der Waals surface area (Å²) in [5, 5.41) is -1.99. The predicted molar refractivity (Wildman–Crippen MR) is 164 cm³/mol. The average Bonchev–Trinajstić information content (AvgIpc) is 2.91. The van der Waals surface area contributed by atoms with Crippen molar-refractivity contribution in [3.63, 3.8) is 0 Å². The van der Waals surface area contributed by atoms with Crippen molar-refractivity contribution in [2.45, 2.75) is 193 Å². The van der Waals surface area contributed by atoms with Gasteiger partial charge in [0, 0.05) is 0 Å². The first-order valence-corrected chi connectivity index (χ1v) is 17.9. The quantitative estimate of drug-likeness (QED) is 0.0608. The lowest BCUT2D eigenvalue weighted by Crippen LogP contribution is -2.43. The highest BCUT2D eigenvalue weighted by Crippen LogP contribution is 2.35. The van der Waals surface area contributed by atoms with Crippen LogP contribution in [0.1, 0.15) is 176 Å². The second-order valence-corrected chi connectivity index (χ2v) is 13.4. The Hall–Kier alpha value is -1.15. The highest BCUT2D eigenvalue weighted by molar-refractivity contribution is 7.87. The summed E-state index contributed by atoms with van der Waals surface area (Å²) in [6.07, 6.45) is 16.3. The lowest BCUT2D eigenvalue weighted by molar-refractivity contribution is -0.170. The van der Waals surface area contributed by atoms with E-state index >= 15 is 0 Å². The minimum Gasteiger partial charge on any atom is -0.459 e. The Kier molecular flexibility index (Phi) is 20.9. The van der Waals surface area contributed by atoms with E-state index in [0.29, 0.717) is 38.5 Å². The fraction of sp³-hybridized carbons (Fsp3) is 0.938. The first kappa shape index (κ1) is 38.9. The Morgan fingerprint density at radius 3 is 1.23 bits per heavy atom. The average molecular weight is 591 g/mol. The molecular formula is C32H62O7S. The van der Waals surface area contributed by atoms with E-state index in [4.69, 9.17) is 9.47 Å². The normalized spacial score (nSPS) is 13.3. The zero-order valence-electron chi connectivity index (χ0n) is 26.7. The van der Waals surface area contributed by atoms with Gasteiger partial charge in [-0.15, -0.1) is 0 Å². The molecule has 0 radical (unpaired) electrons. The molecule has 0 aromatic rings. The summed E-state index contributed by atoms with van der Waals surface area (Å²) in [6, 6.07) is 0. The SMILES string of the molecule is CCCCCC(CCCC)(CCCC)OC(=O)CC(C(=O)OC(CCCC)(CCCC)CCCCC)S(=O)(=O)O. The first-order valence-electron chi connectivity index (χ1n) is 16.4. The maximum Gasteiger partial charge on any atom is 0.328 e. The predicted octanol–water partition coefficient (Wildman–Crippen LogP) is 9.12. The third-order valence-electron chi connectivity index (χ3n) is 8.04. The molecule has 0 aliphatic rings. The molecule has 0 saturated heterocycles. The third kappa shape index (κ3) is 15.7. The van der Waals surface area contributed by atoms with Crippen LogP contribution in [0.25, 0.3) is 0 Å². The zero-order valence-corrected chi connectivity index (χ0v) is 27.5. The summed E-state index contributed by atoms with van der Waals surface area (Å²) in [5.74, 6) is -1.80. The van der Waals surface area contributed by atoms with E-state index in [9.17, 15) is 22.6 Å². The van der Waals surface area contributed by atoms with E-state index in [0.717, 1.165) is 89.9 Å². The van der Waals surface area contributed by atoms with Gasteiger partial charge in [0.2, 0.25) is 0 Å². The molecule has 40 heavy (non-hydrogen) atoms. The number of unbranched alkanes of at least 4 members (excludes halogenated alkanes) is 8. The number of hydrogen-bond donors (Lipinski definition) is 1.